The summed E-state index contributed by atoms with van der Waals surface area (Å²) in [7, 11) is 0. The third kappa shape index (κ3) is 3.23. The van der Waals surface area contributed by atoms with Gasteiger partial charge in [-0.2, -0.15) is 13.2 Å². The van der Waals surface area contributed by atoms with Crippen molar-refractivity contribution in [2.45, 2.75) is 23.2 Å². The van der Waals surface area contributed by atoms with Gasteiger partial charge >= 0.3 is 6.18 Å². The van der Waals surface area contributed by atoms with Gasteiger partial charge in [0.25, 0.3) is 0 Å². The van der Waals surface area contributed by atoms with Crippen LogP contribution in [0, 0.1) is 6.92 Å². The van der Waals surface area contributed by atoms with Crippen molar-refractivity contribution in [3.8, 4) is 0 Å². The van der Waals surface area contributed by atoms with Crippen molar-refractivity contribution in [2.24, 2.45) is 0 Å². The highest BCUT2D eigenvalue weighted by atomic mass is 32.2. The zero-order valence-corrected chi connectivity index (χ0v) is 11.0. The molecular weight excluding hydrogens is 281 g/mol. The molecule has 0 unspecified atom stereocenters. The van der Waals surface area contributed by atoms with Crippen LogP contribution in [0.15, 0.2) is 28.6 Å². The Kier molecular flexibility index (Phi) is 3.91. The van der Waals surface area contributed by atoms with Gasteiger partial charge in [0.05, 0.1) is 5.56 Å². The van der Waals surface area contributed by atoms with E-state index in [0.29, 0.717) is 4.34 Å². The van der Waals surface area contributed by atoms with Crippen LogP contribution in [0.1, 0.15) is 16.1 Å². The van der Waals surface area contributed by atoms with Gasteiger partial charge in [0.2, 0.25) is 0 Å². The van der Waals surface area contributed by atoms with E-state index in [-0.39, 0.29) is 11.3 Å². The van der Waals surface area contributed by atoms with E-state index in [1.165, 1.54) is 35.2 Å². The first-order valence-electron chi connectivity index (χ1n) is 5.05. The topological polar surface area (TPSA) is 25.8 Å². The number of thioether (sulfide) groups is 1. The summed E-state index contributed by atoms with van der Waals surface area (Å²) >= 11 is 2.65. The lowest BCUT2D eigenvalue weighted by Gasteiger charge is -2.11. The van der Waals surface area contributed by atoms with Gasteiger partial charge in [-0.3, -0.25) is 0 Å². The maximum Gasteiger partial charge on any atom is 0.416 e. The summed E-state index contributed by atoms with van der Waals surface area (Å²) in [6.07, 6.45) is -4.31. The van der Waals surface area contributed by atoms with Gasteiger partial charge in [-0.25, -0.2) is 0 Å². The van der Waals surface area contributed by atoms with E-state index in [1.54, 1.807) is 6.07 Å². The lowest BCUT2D eigenvalue weighted by Crippen LogP contribution is -2.08. The first-order valence-corrected chi connectivity index (χ1v) is 6.85. The van der Waals surface area contributed by atoms with Crippen LogP contribution in [0.3, 0.4) is 0 Å². The average Bonchev–Trinajstić information content (AvgIpc) is 2.72. The van der Waals surface area contributed by atoms with Crippen LogP contribution in [-0.2, 0) is 11.9 Å². The highest BCUT2D eigenvalue weighted by Crippen LogP contribution is 2.35. The molecule has 2 nitrogen and oxygen atoms in total. The number of aromatic nitrogens is 2. The quantitative estimate of drug-likeness (QED) is 0.794. The summed E-state index contributed by atoms with van der Waals surface area (Å²) < 4.78 is 38.9. The monoisotopic (exact) mass is 290 g/mol. The van der Waals surface area contributed by atoms with Crippen molar-refractivity contribution in [2.75, 3.05) is 0 Å². The summed E-state index contributed by atoms with van der Waals surface area (Å²) in [5, 5.41) is 8.51. The molecule has 0 fully saturated rings. The molecule has 0 saturated carbocycles. The van der Waals surface area contributed by atoms with Gasteiger partial charge in [0.15, 0.2) is 4.34 Å². The molecular formula is C11H9F3N2S2. The van der Waals surface area contributed by atoms with Crippen LogP contribution < -0.4 is 0 Å². The second-order valence-electron chi connectivity index (χ2n) is 3.53. The molecule has 0 N–H and O–H groups in total. The van der Waals surface area contributed by atoms with Crippen LogP contribution in [0.4, 0.5) is 13.2 Å². The molecule has 2 rings (SSSR count). The Morgan fingerprint density at radius 3 is 2.56 bits per heavy atom. The summed E-state index contributed by atoms with van der Waals surface area (Å²) in [5.74, 6) is 0.240. The van der Waals surface area contributed by atoms with Crippen LogP contribution in [0.5, 0.6) is 0 Å². The Bertz CT molecular complexity index is 537. The number of alkyl halides is 3. The maximum absolute atomic E-state index is 12.7. The van der Waals surface area contributed by atoms with Crippen LogP contribution in [0.2, 0.25) is 0 Å². The number of hydrogen-bond acceptors (Lipinski definition) is 4. The van der Waals surface area contributed by atoms with Gasteiger partial charge in [-0.15, -0.1) is 10.2 Å². The fourth-order valence-corrected chi connectivity index (χ4v) is 3.22. The largest absolute Gasteiger partial charge is 0.416 e. The Morgan fingerprint density at radius 2 is 1.94 bits per heavy atom. The van der Waals surface area contributed by atoms with Crippen molar-refractivity contribution in [1.29, 1.82) is 0 Å². The van der Waals surface area contributed by atoms with Crippen molar-refractivity contribution in [3.05, 3.63) is 40.4 Å². The van der Waals surface area contributed by atoms with E-state index in [0.717, 1.165) is 11.1 Å². The Labute approximate surface area is 110 Å². The number of nitrogens with zero attached hydrogens (tertiary/aromatic N) is 2. The van der Waals surface area contributed by atoms with Crippen LogP contribution in [0.25, 0.3) is 0 Å². The smallest absolute Gasteiger partial charge is 0.166 e. The van der Waals surface area contributed by atoms with Crippen molar-refractivity contribution < 1.29 is 13.2 Å². The van der Waals surface area contributed by atoms with Gasteiger partial charge in [-0.1, -0.05) is 41.3 Å². The molecule has 0 spiro atoms. The Balaban J connectivity index is 2.14. The molecule has 0 atom stereocenters. The normalized spacial score (nSPS) is 11.8. The summed E-state index contributed by atoms with van der Waals surface area (Å²) in [4.78, 5) is 0. The SMILES string of the molecule is Cc1nnc(SCc2ccccc2C(F)(F)F)s1. The third-order valence-corrected chi connectivity index (χ3v) is 4.20. The first-order chi connectivity index (χ1) is 8.47. The molecule has 18 heavy (non-hydrogen) atoms. The Morgan fingerprint density at radius 1 is 1.22 bits per heavy atom. The molecule has 0 amide bonds. The molecule has 1 aromatic heterocycles. The molecule has 96 valence electrons. The molecule has 0 radical (unpaired) electrons. The molecule has 0 saturated heterocycles. The third-order valence-electron chi connectivity index (χ3n) is 2.18. The molecule has 0 aliphatic heterocycles. The van der Waals surface area contributed by atoms with E-state index >= 15 is 0 Å². The predicted octanol–water partition coefficient (Wildman–Crippen LogP) is 4.16. The number of benzene rings is 1. The molecule has 0 aliphatic rings. The molecule has 0 bridgehead atoms. The standard InChI is InChI=1S/C11H9F3N2S2/c1-7-15-16-10(18-7)17-6-8-4-2-3-5-9(8)11(12,13)14/h2-5H,6H2,1H3. The molecule has 2 aromatic rings. The summed E-state index contributed by atoms with van der Waals surface area (Å²) in [6.45, 7) is 1.81. The van der Waals surface area contributed by atoms with E-state index < -0.39 is 11.7 Å². The Hall–Kier alpha value is -1.08. The minimum absolute atomic E-state index is 0.240. The van der Waals surface area contributed by atoms with Crippen LogP contribution in [-0.4, -0.2) is 10.2 Å². The lowest BCUT2D eigenvalue weighted by atomic mass is 10.1. The molecule has 1 aromatic carbocycles. The van der Waals surface area contributed by atoms with E-state index in [9.17, 15) is 13.2 Å². The van der Waals surface area contributed by atoms with Gasteiger partial charge < -0.3 is 0 Å². The van der Waals surface area contributed by atoms with Gasteiger partial charge in [0, 0.05) is 5.75 Å². The fourth-order valence-electron chi connectivity index (χ4n) is 1.40. The number of rotatable bonds is 3. The van der Waals surface area contributed by atoms with E-state index in [4.69, 9.17) is 0 Å². The lowest BCUT2D eigenvalue weighted by molar-refractivity contribution is -0.138. The molecule has 0 aliphatic carbocycles. The van der Waals surface area contributed by atoms with Crippen molar-refractivity contribution in [1.82, 2.24) is 10.2 Å². The minimum atomic E-state index is -4.31. The predicted molar refractivity (Wildman–Crippen MR) is 65.7 cm³/mol. The average molecular weight is 290 g/mol. The summed E-state index contributed by atoms with van der Waals surface area (Å²) in [6, 6.07) is 5.59. The second-order valence-corrected chi connectivity index (χ2v) is 5.93. The van der Waals surface area contributed by atoms with Gasteiger partial charge in [-0.05, 0) is 18.6 Å². The highest BCUT2D eigenvalue weighted by molar-refractivity contribution is 8.00. The first kappa shape index (κ1) is 13.4. The summed E-state index contributed by atoms with van der Waals surface area (Å²) in [5.41, 5.74) is -0.318. The maximum atomic E-state index is 12.7. The molecule has 1 heterocycles. The van der Waals surface area contributed by atoms with Gasteiger partial charge in [0.1, 0.15) is 5.01 Å². The minimum Gasteiger partial charge on any atom is -0.166 e. The second kappa shape index (κ2) is 5.27. The fraction of sp³-hybridized carbons (Fsp3) is 0.273. The zero-order chi connectivity index (χ0) is 13.2. The van der Waals surface area contributed by atoms with Crippen molar-refractivity contribution >= 4 is 23.1 Å². The zero-order valence-electron chi connectivity index (χ0n) is 9.36. The van der Waals surface area contributed by atoms with Crippen LogP contribution >= 0.6 is 23.1 Å². The number of halogens is 3. The molecule has 7 heteroatoms. The number of aryl methyl sites for hydroxylation is 1. The van der Waals surface area contributed by atoms with E-state index in [1.807, 2.05) is 6.92 Å². The van der Waals surface area contributed by atoms with E-state index in [2.05, 4.69) is 10.2 Å². The van der Waals surface area contributed by atoms with Crippen molar-refractivity contribution in [3.63, 3.8) is 0 Å². The number of hydrogen-bond donors (Lipinski definition) is 0. The highest BCUT2D eigenvalue weighted by Gasteiger charge is 2.32.